The summed E-state index contributed by atoms with van der Waals surface area (Å²) in [5.74, 6) is 0. The summed E-state index contributed by atoms with van der Waals surface area (Å²) in [4.78, 5) is 5.37. The molecule has 2 heteroatoms. The lowest BCUT2D eigenvalue weighted by Gasteiger charge is -2.42. The van der Waals surface area contributed by atoms with Gasteiger partial charge in [0.15, 0.2) is 0 Å². The Hall–Kier alpha value is -6.64. The molecule has 2 saturated carbocycles. The van der Waals surface area contributed by atoms with E-state index in [0.717, 1.165) is 25.7 Å². The molecule has 8 aromatic carbocycles. The van der Waals surface area contributed by atoms with Gasteiger partial charge in [0.2, 0.25) is 0 Å². The summed E-state index contributed by atoms with van der Waals surface area (Å²) in [7, 11) is 0. The fourth-order valence-corrected chi connectivity index (χ4v) is 16.8. The van der Waals surface area contributed by atoms with Crippen LogP contribution in [0.5, 0.6) is 0 Å². The predicted octanol–water partition coefficient (Wildman–Crippen LogP) is 17.3. The van der Waals surface area contributed by atoms with E-state index in [4.69, 9.17) is 0 Å². The normalized spacial score (nSPS) is 26.3. The molecule has 2 aliphatic heterocycles. The Morgan fingerprint density at radius 1 is 0.304 bits per heavy atom. The molecule has 0 N–H and O–H groups in total. The summed E-state index contributed by atoms with van der Waals surface area (Å²) < 4.78 is 0. The Balaban J connectivity index is 0.947. The van der Waals surface area contributed by atoms with Crippen molar-refractivity contribution < 1.29 is 0 Å². The SMILES string of the molecule is CC1(C)CC2(C)c3cc(-c4ccc5c(c4)C4(c6ccccc6-c6ccccc64)c4cc(-c6ccc7c(c6)C6(C)CC(C)(C)CC6(C)N7c6ccccc6)ccc4-5)ccc3N(c3ccccc3)C2(C)C1. The van der Waals surface area contributed by atoms with Gasteiger partial charge in [-0.25, -0.2) is 0 Å². The van der Waals surface area contributed by atoms with Crippen LogP contribution in [-0.4, -0.2) is 11.1 Å². The van der Waals surface area contributed by atoms with Crippen molar-refractivity contribution in [2.45, 2.75) is 108 Å². The second kappa shape index (κ2) is 13.4. The average Bonchev–Trinajstić information content (AvgIpc) is 4.03. The third-order valence-electron chi connectivity index (χ3n) is 19.1. The quantitative estimate of drug-likeness (QED) is 0.174. The second-order valence-corrected chi connectivity index (χ2v) is 24.4. The molecule has 2 nitrogen and oxygen atoms in total. The third kappa shape index (κ3) is 5.13. The van der Waals surface area contributed by atoms with Gasteiger partial charge >= 0.3 is 0 Å². The lowest BCUT2D eigenvalue weighted by molar-refractivity contribution is 0.330. The Bertz CT molecular complexity index is 3260. The number of anilines is 4. The van der Waals surface area contributed by atoms with E-state index in [-0.39, 0.29) is 32.7 Å². The number of nitrogens with zero attached hydrogens (tertiary/aromatic N) is 2. The minimum atomic E-state index is -0.467. The van der Waals surface area contributed by atoms with Crippen LogP contribution in [0.1, 0.15) is 114 Å². The highest BCUT2D eigenvalue weighted by Crippen LogP contribution is 2.69. The molecule has 0 radical (unpaired) electrons. The summed E-state index contributed by atoms with van der Waals surface area (Å²) in [5, 5.41) is 0. The van der Waals surface area contributed by atoms with Crippen LogP contribution >= 0.6 is 0 Å². The predicted molar refractivity (Wildman–Crippen MR) is 288 cm³/mol. The number of fused-ring (bicyclic) bond motifs is 16. The van der Waals surface area contributed by atoms with Gasteiger partial charge < -0.3 is 9.80 Å². The van der Waals surface area contributed by atoms with Gasteiger partial charge in [0.05, 0.1) is 16.5 Å². The maximum absolute atomic E-state index is 2.69. The molecule has 14 rings (SSSR count). The van der Waals surface area contributed by atoms with Gasteiger partial charge in [0.25, 0.3) is 0 Å². The zero-order chi connectivity index (χ0) is 47.1. The monoisotopic (exact) mass is 894 g/mol. The van der Waals surface area contributed by atoms with E-state index in [0.29, 0.717) is 0 Å². The standard InChI is InChI=1S/C67H62N2/c1-61(2)39-63(5)57-37-45(29-33-59(57)68(65(63,7)41-61)47-19-11-9-12-20-47)43-27-31-51-52-32-28-44(36-56(52)67(55(51)35-43)53-25-17-15-23-49(53)50-24-16-18-26-54(50)67)46-30-34-60-58(38-46)64(6)40-62(3,4)42-66(64,8)69(60)48-21-13-10-14-22-48/h9-38H,39-42H2,1-8H3. The van der Waals surface area contributed by atoms with E-state index in [9.17, 15) is 0 Å². The van der Waals surface area contributed by atoms with Gasteiger partial charge in [0.1, 0.15) is 0 Å². The highest BCUT2D eigenvalue weighted by molar-refractivity contribution is 5.97. The molecule has 1 spiro atoms. The topological polar surface area (TPSA) is 6.48 Å². The van der Waals surface area contributed by atoms with Gasteiger partial charge in [0, 0.05) is 33.6 Å². The first kappa shape index (κ1) is 41.3. The highest BCUT2D eigenvalue weighted by Gasteiger charge is 2.65. The van der Waals surface area contributed by atoms with E-state index in [1.165, 1.54) is 101 Å². The molecule has 6 aliphatic rings. The minimum absolute atomic E-state index is 0.00694. The zero-order valence-electron chi connectivity index (χ0n) is 41.5. The third-order valence-corrected chi connectivity index (χ3v) is 19.1. The summed E-state index contributed by atoms with van der Waals surface area (Å²) in [6, 6.07) is 70.5. The number of benzene rings is 8. The fraction of sp³-hybridized carbons (Fsp3) is 0.284. The summed E-state index contributed by atoms with van der Waals surface area (Å²) >= 11 is 0. The van der Waals surface area contributed by atoms with Crippen LogP contribution in [0, 0.1) is 10.8 Å². The van der Waals surface area contributed by atoms with E-state index in [1.807, 2.05) is 0 Å². The molecule has 2 fully saturated rings. The van der Waals surface area contributed by atoms with E-state index >= 15 is 0 Å². The van der Waals surface area contributed by atoms with Gasteiger partial charge in [-0.15, -0.1) is 0 Å². The molecule has 2 heterocycles. The van der Waals surface area contributed by atoms with Crippen LogP contribution in [0.4, 0.5) is 22.7 Å². The van der Waals surface area contributed by atoms with Crippen LogP contribution in [-0.2, 0) is 16.2 Å². The van der Waals surface area contributed by atoms with Crippen molar-refractivity contribution in [2.24, 2.45) is 10.8 Å². The molecule has 8 aromatic rings. The van der Waals surface area contributed by atoms with Crippen molar-refractivity contribution in [3.63, 3.8) is 0 Å². The van der Waals surface area contributed by atoms with Gasteiger partial charge in [-0.3, -0.25) is 0 Å². The van der Waals surface area contributed by atoms with Gasteiger partial charge in [-0.2, -0.15) is 0 Å². The Morgan fingerprint density at radius 2 is 0.638 bits per heavy atom. The zero-order valence-corrected chi connectivity index (χ0v) is 41.5. The van der Waals surface area contributed by atoms with Crippen molar-refractivity contribution in [1.29, 1.82) is 0 Å². The molecule has 69 heavy (non-hydrogen) atoms. The molecule has 4 aliphatic carbocycles. The highest BCUT2D eigenvalue weighted by atomic mass is 15.3. The molecular formula is C67H62N2. The molecule has 0 bridgehead atoms. The minimum Gasteiger partial charge on any atom is -0.334 e. The number of hydrogen-bond donors (Lipinski definition) is 0. The fourth-order valence-electron chi connectivity index (χ4n) is 16.8. The van der Waals surface area contributed by atoms with Crippen molar-refractivity contribution in [2.75, 3.05) is 9.80 Å². The number of para-hydroxylation sites is 2. The van der Waals surface area contributed by atoms with Gasteiger partial charge in [-0.1, -0.05) is 163 Å². The first-order valence-corrected chi connectivity index (χ1v) is 25.6. The Kier molecular flexibility index (Phi) is 8.00. The van der Waals surface area contributed by atoms with E-state index < -0.39 is 5.41 Å². The molecule has 0 saturated heterocycles. The van der Waals surface area contributed by atoms with Crippen molar-refractivity contribution in [1.82, 2.24) is 0 Å². The van der Waals surface area contributed by atoms with Crippen molar-refractivity contribution in [3.8, 4) is 44.5 Å². The van der Waals surface area contributed by atoms with Crippen LogP contribution in [0.2, 0.25) is 0 Å². The second-order valence-electron chi connectivity index (χ2n) is 24.4. The molecule has 0 amide bonds. The number of hydrogen-bond acceptors (Lipinski definition) is 2. The molecule has 340 valence electrons. The largest absolute Gasteiger partial charge is 0.334 e. The van der Waals surface area contributed by atoms with Crippen LogP contribution in [0.3, 0.4) is 0 Å². The average molecular weight is 895 g/mol. The van der Waals surface area contributed by atoms with E-state index in [1.54, 1.807) is 0 Å². The molecule has 4 atom stereocenters. The first-order chi connectivity index (χ1) is 33.1. The smallest absolute Gasteiger partial charge is 0.0725 e. The maximum atomic E-state index is 2.69. The Morgan fingerprint density at radius 3 is 1.04 bits per heavy atom. The number of rotatable bonds is 4. The molecular weight excluding hydrogens is 833 g/mol. The summed E-state index contributed by atoms with van der Waals surface area (Å²) in [5.41, 5.74) is 24.2. The summed E-state index contributed by atoms with van der Waals surface area (Å²) in [6.45, 7) is 20.1. The van der Waals surface area contributed by atoms with Crippen LogP contribution in [0.25, 0.3) is 44.5 Å². The van der Waals surface area contributed by atoms with Gasteiger partial charge in [-0.05, 0) is 189 Å². The van der Waals surface area contributed by atoms with Crippen LogP contribution in [0.15, 0.2) is 182 Å². The van der Waals surface area contributed by atoms with Crippen molar-refractivity contribution >= 4 is 22.7 Å². The van der Waals surface area contributed by atoms with Crippen molar-refractivity contribution in [3.05, 3.63) is 215 Å². The molecule has 4 unspecified atom stereocenters. The summed E-state index contributed by atoms with van der Waals surface area (Å²) in [6.07, 6.45) is 4.59. The maximum Gasteiger partial charge on any atom is 0.0725 e. The lowest BCUT2D eigenvalue weighted by Crippen LogP contribution is -2.49. The molecule has 0 aromatic heterocycles. The van der Waals surface area contributed by atoms with E-state index in [2.05, 4.69) is 247 Å². The Labute approximate surface area is 409 Å². The lowest BCUT2D eigenvalue weighted by atomic mass is 9.69. The van der Waals surface area contributed by atoms with Crippen LogP contribution < -0.4 is 9.80 Å². The first-order valence-electron chi connectivity index (χ1n) is 25.6.